The highest BCUT2D eigenvalue weighted by Crippen LogP contribution is 2.37. The molecule has 1 aliphatic heterocycles. The van der Waals surface area contributed by atoms with E-state index in [1.807, 2.05) is 0 Å². The third-order valence-corrected chi connectivity index (χ3v) is 3.01. The number of benzene rings is 1. The maximum Gasteiger partial charge on any atom is 0.420 e. The minimum atomic E-state index is -4.47. The lowest BCUT2D eigenvalue weighted by atomic mass is 10.1. The first kappa shape index (κ1) is 14.0. The van der Waals surface area contributed by atoms with E-state index in [2.05, 4.69) is 0 Å². The van der Waals surface area contributed by atoms with Gasteiger partial charge >= 0.3 is 6.18 Å². The van der Waals surface area contributed by atoms with Crippen molar-refractivity contribution in [2.75, 3.05) is 18.9 Å². The van der Waals surface area contributed by atoms with E-state index in [1.54, 1.807) is 0 Å². The highest BCUT2D eigenvalue weighted by atomic mass is 19.4. The molecule has 6 heteroatoms. The van der Waals surface area contributed by atoms with Crippen LogP contribution in [-0.4, -0.2) is 19.3 Å². The minimum absolute atomic E-state index is 0.0635. The normalized spacial score (nSPS) is 20.3. The van der Waals surface area contributed by atoms with Crippen LogP contribution >= 0.6 is 0 Å². The van der Waals surface area contributed by atoms with Crippen molar-refractivity contribution in [2.45, 2.75) is 31.5 Å². The van der Waals surface area contributed by atoms with Gasteiger partial charge in [-0.2, -0.15) is 13.2 Å². The molecule has 1 aromatic carbocycles. The van der Waals surface area contributed by atoms with Gasteiger partial charge in [0.2, 0.25) is 0 Å². The number of alkyl halides is 3. The Balaban J connectivity index is 2.06. The van der Waals surface area contributed by atoms with Gasteiger partial charge in [-0.1, -0.05) is 0 Å². The van der Waals surface area contributed by atoms with Gasteiger partial charge in [-0.05, 0) is 37.5 Å². The molecule has 0 unspecified atom stereocenters. The van der Waals surface area contributed by atoms with Crippen LogP contribution in [0.25, 0.3) is 0 Å². The maximum atomic E-state index is 12.8. The maximum absolute atomic E-state index is 12.8. The summed E-state index contributed by atoms with van der Waals surface area (Å²) in [7, 11) is 0. The molecular weight excluding hydrogens is 259 g/mol. The topological polar surface area (TPSA) is 44.5 Å². The van der Waals surface area contributed by atoms with Crippen LogP contribution in [0.15, 0.2) is 18.2 Å². The predicted octanol–water partition coefficient (Wildman–Crippen LogP) is 3.24. The molecule has 1 aliphatic rings. The highest BCUT2D eigenvalue weighted by Gasteiger charge is 2.34. The number of rotatable bonds is 3. The van der Waals surface area contributed by atoms with Gasteiger partial charge in [0.1, 0.15) is 12.4 Å². The third-order valence-electron chi connectivity index (χ3n) is 3.01. The first-order valence-electron chi connectivity index (χ1n) is 6.18. The molecule has 3 nitrogen and oxygen atoms in total. The average Bonchev–Trinajstić information content (AvgIpc) is 2.37. The molecule has 0 radical (unpaired) electrons. The molecule has 1 saturated heterocycles. The summed E-state index contributed by atoms with van der Waals surface area (Å²) in [5.74, 6) is -0.198. The smallest absolute Gasteiger partial charge is 0.420 e. The summed E-state index contributed by atoms with van der Waals surface area (Å²) in [4.78, 5) is 0. The average molecular weight is 275 g/mol. The minimum Gasteiger partial charge on any atom is -0.490 e. The van der Waals surface area contributed by atoms with Crippen molar-refractivity contribution in [3.63, 3.8) is 0 Å². The van der Waals surface area contributed by atoms with E-state index in [0.29, 0.717) is 6.61 Å². The van der Waals surface area contributed by atoms with Crippen molar-refractivity contribution < 1.29 is 22.6 Å². The zero-order valence-electron chi connectivity index (χ0n) is 10.4. The van der Waals surface area contributed by atoms with Crippen molar-refractivity contribution in [1.29, 1.82) is 0 Å². The quantitative estimate of drug-likeness (QED) is 0.861. The molecule has 1 atom stereocenters. The fraction of sp³-hybridized carbons (Fsp3) is 0.538. The Morgan fingerprint density at radius 3 is 2.74 bits per heavy atom. The van der Waals surface area contributed by atoms with Gasteiger partial charge < -0.3 is 15.2 Å². The number of ether oxygens (including phenoxy) is 2. The van der Waals surface area contributed by atoms with E-state index in [4.69, 9.17) is 15.2 Å². The molecule has 2 rings (SSSR count). The number of nitrogen functional groups attached to an aromatic ring is 1. The number of nitrogens with two attached hydrogens (primary N) is 1. The van der Waals surface area contributed by atoms with Crippen LogP contribution in [0.1, 0.15) is 24.8 Å². The largest absolute Gasteiger partial charge is 0.490 e. The van der Waals surface area contributed by atoms with Crippen LogP contribution in [0.2, 0.25) is 0 Å². The monoisotopic (exact) mass is 275 g/mol. The van der Waals surface area contributed by atoms with E-state index >= 15 is 0 Å². The second-order valence-corrected chi connectivity index (χ2v) is 4.55. The zero-order valence-corrected chi connectivity index (χ0v) is 10.4. The van der Waals surface area contributed by atoms with E-state index in [0.717, 1.165) is 25.3 Å². The lowest BCUT2D eigenvalue weighted by molar-refractivity contribution is -0.139. The van der Waals surface area contributed by atoms with Gasteiger partial charge in [0.05, 0.1) is 11.7 Å². The molecule has 0 spiro atoms. The van der Waals surface area contributed by atoms with Crippen molar-refractivity contribution in [1.82, 2.24) is 0 Å². The van der Waals surface area contributed by atoms with Crippen molar-refractivity contribution in [3.8, 4) is 5.75 Å². The Bertz CT molecular complexity index is 428. The van der Waals surface area contributed by atoms with Crippen molar-refractivity contribution >= 4 is 5.69 Å². The lowest BCUT2D eigenvalue weighted by Crippen LogP contribution is -2.26. The van der Waals surface area contributed by atoms with Gasteiger partial charge in [-0.3, -0.25) is 0 Å². The van der Waals surface area contributed by atoms with Crippen LogP contribution in [0.5, 0.6) is 5.75 Å². The van der Waals surface area contributed by atoms with Gasteiger partial charge in [0, 0.05) is 12.3 Å². The molecule has 2 N–H and O–H groups in total. The summed E-state index contributed by atoms with van der Waals surface area (Å²) in [6.45, 7) is 0.773. The number of hydrogen-bond donors (Lipinski definition) is 1. The van der Waals surface area contributed by atoms with Gasteiger partial charge in [-0.15, -0.1) is 0 Å². The van der Waals surface area contributed by atoms with Crippen LogP contribution in [0.3, 0.4) is 0 Å². The van der Waals surface area contributed by atoms with E-state index < -0.39 is 11.7 Å². The molecule has 1 fully saturated rings. The summed E-state index contributed by atoms with van der Waals surface area (Å²) in [6, 6.07) is 3.53. The molecule has 0 amide bonds. The molecule has 0 aromatic heterocycles. The van der Waals surface area contributed by atoms with Crippen LogP contribution in [0.4, 0.5) is 18.9 Å². The van der Waals surface area contributed by atoms with E-state index in [1.165, 1.54) is 12.1 Å². The molecular formula is C13H16F3NO2. The van der Waals surface area contributed by atoms with Crippen LogP contribution in [0, 0.1) is 0 Å². The van der Waals surface area contributed by atoms with Crippen molar-refractivity contribution in [3.05, 3.63) is 23.8 Å². The second-order valence-electron chi connectivity index (χ2n) is 4.55. The third kappa shape index (κ3) is 3.76. The molecule has 0 aliphatic carbocycles. The van der Waals surface area contributed by atoms with Crippen LogP contribution < -0.4 is 10.5 Å². The zero-order chi connectivity index (χ0) is 13.9. The van der Waals surface area contributed by atoms with Crippen molar-refractivity contribution in [2.24, 2.45) is 0 Å². The predicted molar refractivity (Wildman–Crippen MR) is 64.9 cm³/mol. The Kier molecular flexibility index (Phi) is 4.19. The molecule has 106 valence electrons. The summed E-state index contributed by atoms with van der Waals surface area (Å²) >= 11 is 0. The first-order chi connectivity index (χ1) is 8.97. The Hall–Kier alpha value is -1.43. The number of anilines is 1. The fourth-order valence-corrected chi connectivity index (χ4v) is 2.02. The number of halogens is 3. The molecule has 1 aromatic rings. The summed E-state index contributed by atoms with van der Waals surface area (Å²) in [5.41, 5.74) is 4.60. The second kappa shape index (κ2) is 5.69. The van der Waals surface area contributed by atoms with Gasteiger partial charge in [-0.25, -0.2) is 0 Å². The van der Waals surface area contributed by atoms with E-state index in [9.17, 15) is 13.2 Å². The Morgan fingerprint density at radius 1 is 1.32 bits per heavy atom. The number of hydrogen-bond acceptors (Lipinski definition) is 3. The van der Waals surface area contributed by atoms with Gasteiger partial charge in [0.25, 0.3) is 0 Å². The lowest BCUT2D eigenvalue weighted by Gasteiger charge is -2.23. The first-order valence-corrected chi connectivity index (χ1v) is 6.18. The molecule has 1 heterocycles. The SMILES string of the molecule is Nc1ccc(OC[C@H]2CCCCO2)c(C(F)(F)F)c1. The fourth-order valence-electron chi connectivity index (χ4n) is 2.02. The summed E-state index contributed by atoms with van der Waals surface area (Å²) < 4.78 is 49.2. The Labute approximate surface area is 109 Å². The molecule has 0 saturated carbocycles. The summed E-state index contributed by atoms with van der Waals surface area (Å²) in [5, 5.41) is 0. The Morgan fingerprint density at radius 2 is 2.11 bits per heavy atom. The standard InChI is InChI=1S/C13H16F3NO2/c14-13(15,16)11-7-9(17)4-5-12(11)19-8-10-3-1-2-6-18-10/h4-5,7,10H,1-3,6,8,17H2/t10-/m1/s1. The summed E-state index contributed by atoms with van der Waals surface area (Å²) in [6.07, 6.45) is -1.78. The molecule has 19 heavy (non-hydrogen) atoms. The van der Waals surface area contributed by atoms with Gasteiger partial charge in [0.15, 0.2) is 0 Å². The van der Waals surface area contributed by atoms with E-state index in [-0.39, 0.29) is 24.1 Å². The highest BCUT2D eigenvalue weighted by molar-refractivity contribution is 5.49. The van der Waals surface area contributed by atoms with Crippen LogP contribution in [-0.2, 0) is 10.9 Å². The molecule has 0 bridgehead atoms.